The van der Waals surface area contributed by atoms with Crippen molar-refractivity contribution < 1.29 is 4.57 Å². The number of aryl methyl sites for hydroxylation is 3. The molecule has 0 saturated carbocycles. The number of imidazole rings is 1. The standard InChI is InChI=1S/C8H15N2/c1-4-5-10-6-8(2)9(3)7-10/h6-7H,4-5H2,1-3H3/q+1. The minimum atomic E-state index is 1.13. The van der Waals surface area contributed by atoms with Crippen LogP contribution in [0, 0.1) is 6.92 Å². The highest BCUT2D eigenvalue weighted by molar-refractivity contribution is 4.86. The number of hydrogen-bond acceptors (Lipinski definition) is 0. The number of nitrogens with zero attached hydrogens (tertiary/aromatic N) is 2. The first-order valence-corrected chi connectivity index (χ1v) is 3.76. The molecule has 0 saturated heterocycles. The Hall–Kier alpha value is -0.790. The van der Waals surface area contributed by atoms with Crippen molar-refractivity contribution in [3.05, 3.63) is 18.2 Å². The van der Waals surface area contributed by atoms with Gasteiger partial charge in [0.25, 0.3) is 0 Å². The third kappa shape index (κ3) is 1.38. The lowest BCUT2D eigenvalue weighted by molar-refractivity contribution is -0.696. The van der Waals surface area contributed by atoms with Crippen molar-refractivity contribution in [3.8, 4) is 0 Å². The Balaban J connectivity index is 2.77. The second-order valence-electron chi connectivity index (χ2n) is 2.73. The van der Waals surface area contributed by atoms with Crippen LogP contribution in [0.5, 0.6) is 0 Å². The lowest BCUT2D eigenvalue weighted by Crippen LogP contribution is -2.30. The molecule has 0 bridgehead atoms. The quantitative estimate of drug-likeness (QED) is 0.541. The molecule has 2 heteroatoms. The van der Waals surface area contributed by atoms with Crippen LogP contribution in [0.1, 0.15) is 19.0 Å². The van der Waals surface area contributed by atoms with Gasteiger partial charge >= 0.3 is 0 Å². The molecule has 1 heterocycles. The summed E-state index contributed by atoms with van der Waals surface area (Å²) in [5, 5.41) is 0. The minimum absolute atomic E-state index is 1.13. The van der Waals surface area contributed by atoms with Crippen molar-refractivity contribution in [2.24, 2.45) is 7.05 Å². The summed E-state index contributed by atoms with van der Waals surface area (Å²) in [6.07, 6.45) is 5.50. The zero-order valence-corrected chi connectivity index (χ0v) is 6.96. The summed E-state index contributed by atoms with van der Waals surface area (Å²) < 4.78 is 4.35. The van der Waals surface area contributed by atoms with E-state index < -0.39 is 0 Å². The maximum absolute atomic E-state index is 2.22. The van der Waals surface area contributed by atoms with Crippen molar-refractivity contribution in [2.75, 3.05) is 0 Å². The molecule has 10 heavy (non-hydrogen) atoms. The van der Waals surface area contributed by atoms with E-state index >= 15 is 0 Å². The maximum atomic E-state index is 2.22. The van der Waals surface area contributed by atoms with Gasteiger partial charge in [0.1, 0.15) is 11.9 Å². The van der Waals surface area contributed by atoms with Gasteiger partial charge in [0.15, 0.2) is 0 Å². The topological polar surface area (TPSA) is 8.81 Å². The zero-order valence-electron chi connectivity index (χ0n) is 6.96. The second kappa shape index (κ2) is 2.86. The molecule has 0 spiro atoms. The third-order valence-electron chi connectivity index (χ3n) is 1.71. The normalized spacial score (nSPS) is 10.3. The molecule has 0 aliphatic carbocycles. The van der Waals surface area contributed by atoms with Crippen LogP contribution in [0.4, 0.5) is 0 Å². The monoisotopic (exact) mass is 139 g/mol. The molecule has 1 rings (SSSR count). The minimum Gasteiger partial charge on any atom is -0.237 e. The molecule has 0 aromatic carbocycles. The van der Waals surface area contributed by atoms with Gasteiger partial charge in [0.05, 0.1) is 13.6 Å². The summed E-state index contributed by atoms with van der Waals surface area (Å²) in [6.45, 7) is 5.43. The fraction of sp³-hybridized carbons (Fsp3) is 0.625. The third-order valence-corrected chi connectivity index (χ3v) is 1.71. The molecule has 1 aromatic rings. The van der Waals surface area contributed by atoms with Gasteiger partial charge < -0.3 is 0 Å². The summed E-state index contributed by atoms with van der Waals surface area (Å²) >= 11 is 0. The number of hydrogen-bond donors (Lipinski definition) is 0. The molecule has 0 aliphatic rings. The van der Waals surface area contributed by atoms with Gasteiger partial charge in [-0.25, -0.2) is 9.13 Å². The van der Waals surface area contributed by atoms with Crippen LogP contribution in [-0.2, 0) is 13.6 Å². The molecule has 0 aliphatic heterocycles. The molecule has 56 valence electrons. The Kier molecular flexibility index (Phi) is 2.10. The molecular weight excluding hydrogens is 124 g/mol. The van der Waals surface area contributed by atoms with Gasteiger partial charge in [-0.1, -0.05) is 6.92 Å². The predicted molar refractivity (Wildman–Crippen MR) is 40.6 cm³/mol. The van der Waals surface area contributed by atoms with Crippen LogP contribution < -0.4 is 4.57 Å². The number of rotatable bonds is 2. The van der Waals surface area contributed by atoms with Crippen LogP contribution >= 0.6 is 0 Å². The summed E-state index contributed by atoms with van der Waals surface area (Å²) in [5.41, 5.74) is 1.31. The van der Waals surface area contributed by atoms with Gasteiger partial charge in [-0.15, -0.1) is 0 Å². The SMILES string of the molecule is CCC[n+]1cc(C)n(C)c1. The second-order valence-corrected chi connectivity index (χ2v) is 2.73. The Labute approximate surface area is 62.1 Å². The molecule has 1 aromatic heterocycles. The molecule has 0 N–H and O–H groups in total. The Bertz CT molecular complexity index is 194. The molecule has 0 radical (unpaired) electrons. The number of aromatic nitrogens is 2. The summed E-state index contributed by atoms with van der Waals surface area (Å²) in [4.78, 5) is 0. The van der Waals surface area contributed by atoms with E-state index in [9.17, 15) is 0 Å². The summed E-state index contributed by atoms with van der Waals surface area (Å²) in [5.74, 6) is 0. The van der Waals surface area contributed by atoms with Crippen LogP contribution in [0.25, 0.3) is 0 Å². The van der Waals surface area contributed by atoms with Crippen molar-refractivity contribution in [1.82, 2.24) is 4.57 Å². The predicted octanol–water partition coefficient (Wildman–Crippen LogP) is 1.03. The smallest absolute Gasteiger partial charge is 0.237 e. The van der Waals surface area contributed by atoms with Crippen LogP contribution in [0.15, 0.2) is 12.5 Å². The molecule has 0 amide bonds. The van der Waals surface area contributed by atoms with E-state index in [0.717, 1.165) is 6.54 Å². The van der Waals surface area contributed by atoms with E-state index in [-0.39, 0.29) is 0 Å². The molecule has 0 atom stereocenters. The highest BCUT2D eigenvalue weighted by atomic mass is 15.1. The van der Waals surface area contributed by atoms with Gasteiger partial charge in [-0.2, -0.15) is 0 Å². The fourth-order valence-corrected chi connectivity index (χ4v) is 1.06. The van der Waals surface area contributed by atoms with E-state index in [1.165, 1.54) is 12.1 Å². The van der Waals surface area contributed by atoms with Gasteiger partial charge in [0, 0.05) is 6.92 Å². The Morgan fingerprint density at radius 1 is 1.60 bits per heavy atom. The lowest BCUT2D eigenvalue weighted by atomic mass is 10.5. The highest BCUT2D eigenvalue weighted by Crippen LogP contribution is 1.90. The van der Waals surface area contributed by atoms with Crippen LogP contribution in [-0.4, -0.2) is 4.57 Å². The van der Waals surface area contributed by atoms with Crippen molar-refractivity contribution in [2.45, 2.75) is 26.8 Å². The first-order chi connectivity index (χ1) is 4.74. The van der Waals surface area contributed by atoms with Gasteiger partial charge in [-0.3, -0.25) is 0 Å². The fourth-order valence-electron chi connectivity index (χ4n) is 1.06. The molecular formula is C8H15N2+. The Morgan fingerprint density at radius 3 is 2.70 bits per heavy atom. The highest BCUT2D eigenvalue weighted by Gasteiger charge is 2.02. The average molecular weight is 139 g/mol. The van der Waals surface area contributed by atoms with Crippen molar-refractivity contribution >= 4 is 0 Å². The van der Waals surface area contributed by atoms with Gasteiger partial charge in [0.2, 0.25) is 6.33 Å². The van der Waals surface area contributed by atoms with E-state index in [0.29, 0.717) is 0 Å². The summed E-state index contributed by atoms with van der Waals surface area (Å²) in [6, 6.07) is 0. The molecule has 2 nitrogen and oxygen atoms in total. The zero-order chi connectivity index (χ0) is 7.56. The Morgan fingerprint density at radius 2 is 2.30 bits per heavy atom. The van der Waals surface area contributed by atoms with Crippen LogP contribution in [0.3, 0.4) is 0 Å². The van der Waals surface area contributed by atoms with E-state index in [1.54, 1.807) is 0 Å². The first kappa shape index (κ1) is 7.32. The molecule has 0 fully saturated rings. The largest absolute Gasteiger partial charge is 0.243 e. The maximum Gasteiger partial charge on any atom is 0.243 e. The lowest BCUT2D eigenvalue weighted by Gasteiger charge is -1.86. The van der Waals surface area contributed by atoms with E-state index in [4.69, 9.17) is 0 Å². The van der Waals surface area contributed by atoms with Crippen molar-refractivity contribution in [3.63, 3.8) is 0 Å². The molecule has 0 unspecified atom stereocenters. The van der Waals surface area contributed by atoms with Crippen LogP contribution in [0.2, 0.25) is 0 Å². The van der Waals surface area contributed by atoms with Crippen molar-refractivity contribution in [1.29, 1.82) is 0 Å². The van der Waals surface area contributed by atoms with Gasteiger partial charge in [-0.05, 0) is 6.42 Å². The van der Waals surface area contributed by atoms with E-state index in [2.05, 4.69) is 42.6 Å². The first-order valence-electron chi connectivity index (χ1n) is 3.76. The van der Waals surface area contributed by atoms with E-state index in [1.807, 2.05) is 0 Å². The summed E-state index contributed by atoms with van der Waals surface area (Å²) in [7, 11) is 2.07. The average Bonchev–Trinajstić information content (AvgIpc) is 2.14.